The van der Waals surface area contributed by atoms with Crippen LogP contribution in [0.3, 0.4) is 0 Å². The van der Waals surface area contributed by atoms with Crippen LogP contribution in [0.25, 0.3) is 5.57 Å². The molecule has 0 spiro atoms. The first-order valence-electron chi connectivity index (χ1n) is 8.15. The van der Waals surface area contributed by atoms with E-state index < -0.39 is 0 Å². The number of amides is 1. The topological polar surface area (TPSA) is 23.6 Å². The summed E-state index contributed by atoms with van der Waals surface area (Å²) in [4.78, 5) is 16.3. The van der Waals surface area contributed by atoms with Gasteiger partial charge in [-0.15, -0.1) is 0 Å². The molecule has 1 aromatic carbocycles. The van der Waals surface area contributed by atoms with E-state index in [4.69, 9.17) is 23.2 Å². The summed E-state index contributed by atoms with van der Waals surface area (Å²) in [6, 6.07) is 6.78. The largest absolute Gasteiger partial charge is 0.340 e. The highest BCUT2D eigenvalue weighted by Crippen LogP contribution is 2.33. The lowest BCUT2D eigenvalue weighted by molar-refractivity contribution is -0.142. The van der Waals surface area contributed by atoms with Gasteiger partial charge in [0.25, 0.3) is 0 Å². The van der Waals surface area contributed by atoms with Crippen LogP contribution in [0, 0.1) is 0 Å². The Bertz CT molecular complexity index is 632. The van der Waals surface area contributed by atoms with Gasteiger partial charge in [-0.1, -0.05) is 42.3 Å². The lowest BCUT2D eigenvalue weighted by Gasteiger charge is -2.56. The van der Waals surface area contributed by atoms with Crippen molar-refractivity contribution in [3.05, 3.63) is 39.9 Å². The number of piperidine rings is 1. The maximum Gasteiger partial charge on any atom is 0.222 e. The van der Waals surface area contributed by atoms with Crippen molar-refractivity contribution >= 4 is 34.7 Å². The third-order valence-electron chi connectivity index (χ3n) is 4.98. The molecule has 3 heterocycles. The van der Waals surface area contributed by atoms with Gasteiger partial charge in [0, 0.05) is 38.1 Å². The standard InChI is InChI=1S/C18H22Cl2N2O/c1-3-18(23)21-10-14-9-15(11-21)22(14)7-6-12(2)13-4-5-16(19)17(20)8-13/h4-6,8,14-15H,3,7,9-11H2,1-2H3/b12-6-. The molecule has 3 aliphatic heterocycles. The average Bonchev–Trinajstić information content (AvgIpc) is 2.56. The van der Waals surface area contributed by atoms with Crippen molar-refractivity contribution in [3.8, 4) is 0 Å². The van der Waals surface area contributed by atoms with E-state index in [1.165, 1.54) is 12.0 Å². The molecule has 3 aliphatic rings. The van der Waals surface area contributed by atoms with Crippen molar-refractivity contribution in [1.29, 1.82) is 0 Å². The third-order valence-corrected chi connectivity index (χ3v) is 5.72. The molecule has 1 amide bonds. The lowest BCUT2D eigenvalue weighted by Crippen LogP contribution is -2.69. The molecule has 23 heavy (non-hydrogen) atoms. The highest BCUT2D eigenvalue weighted by molar-refractivity contribution is 6.42. The Morgan fingerprint density at radius 1 is 1.26 bits per heavy atom. The predicted molar refractivity (Wildman–Crippen MR) is 95.9 cm³/mol. The van der Waals surface area contributed by atoms with Gasteiger partial charge >= 0.3 is 0 Å². The number of rotatable bonds is 4. The van der Waals surface area contributed by atoms with Gasteiger partial charge in [-0.2, -0.15) is 0 Å². The number of piperazine rings is 1. The molecule has 2 unspecified atom stereocenters. The van der Waals surface area contributed by atoms with Gasteiger partial charge in [0.1, 0.15) is 0 Å². The van der Waals surface area contributed by atoms with Gasteiger partial charge in [-0.05, 0) is 36.6 Å². The van der Waals surface area contributed by atoms with Crippen molar-refractivity contribution < 1.29 is 4.79 Å². The van der Waals surface area contributed by atoms with Gasteiger partial charge in [0.05, 0.1) is 10.0 Å². The first-order chi connectivity index (χ1) is 11.0. The maximum absolute atomic E-state index is 11.8. The second-order valence-corrected chi connectivity index (χ2v) is 7.22. The predicted octanol–water partition coefficient (Wildman–Crippen LogP) is 4.09. The zero-order valence-electron chi connectivity index (χ0n) is 13.6. The minimum Gasteiger partial charge on any atom is -0.340 e. The Balaban J connectivity index is 1.61. The number of benzene rings is 1. The highest BCUT2D eigenvalue weighted by atomic mass is 35.5. The number of allylic oxidation sites excluding steroid dienone is 1. The van der Waals surface area contributed by atoms with Gasteiger partial charge in [-0.25, -0.2) is 0 Å². The van der Waals surface area contributed by atoms with Crippen molar-refractivity contribution in [2.24, 2.45) is 0 Å². The van der Waals surface area contributed by atoms with Gasteiger partial charge < -0.3 is 4.90 Å². The van der Waals surface area contributed by atoms with Crippen LogP contribution in [0.5, 0.6) is 0 Å². The minimum atomic E-state index is 0.280. The quantitative estimate of drug-likeness (QED) is 0.814. The molecule has 124 valence electrons. The number of hydrogen-bond acceptors (Lipinski definition) is 2. The molecule has 1 aromatic rings. The molecule has 5 heteroatoms. The average molecular weight is 353 g/mol. The molecule has 3 fully saturated rings. The lowest BCUT2D eigenvalue weighted by atomic mass is 9.87. The van der Waals surface area contributed by atoms with E-state index in [2.05, 4.69) is 17.9 Å². The van der Waals surface area contributed by atoms with E-state index in [-0.39, 0.29) is 5.91 Å². The Labute approximate surface area is 147 Å². The molecule has 0 N–H and O–H groups in total. The van der Waals surface area contributed by atoms with Gasteiger partial charge in [-0.3, -0.25) is 9.69 Å². The fourth-order valence-corrected chi connectivity index (χ4v) is 3.81. The normalized spacial score (nSPS) is 24.5. The fraction of sp³-hybridized carbons (Fsp3) is 0.500. The number of fused-ring (bicyclic) bond motifs is 2. The molecule has 0 aromatic heterocycles. The smallest absolute Gasteiger partial charge is 0.222 e. The van der Waals surface area contributed by atoms with E-state index in [0.717, 1.165) is 25.2 Å². The molecular formula is C18H22Cl2N2O. The molecule has 2 bridgehead atoms. The van der Waals surface area contributed by atoms with Crippen molar-refractivity contribution in [1.82, 2.24) is 9.80 Å². The van der Waals surface area contributed by atoms with Gasteiger partial charge in [0.15, 0.2) is 0 Å². The first kappa shape index (κ1) is 16.8. The number of carbonyl (C=O) groups is 1. The second-order valence-electron chi connectivity index (χ2n) is 6.41. The Morgan fingerprint density at radius 2 is 1.96 bits per heavy atom. The Morgan fingerprint density at radius 3 is 2.57 bits per heavy atom. The van der Waals surface area contributed by atoms with E-state index in [1.807, 2.05) is 30.0 Å². The monoisotopic (exact) mass is 352 g/mol. The number of halogens is 2. The highest BCUT2D eigenvalue weighted by Gasteiger charge is 2.44. The molecule has 4 rings (SSSR count). The zero-order valence-corrected chi connectivity index (χ0v) is 15.1. The van der Waals surface area contributed by atoms with Crippen LogP contribution in [-0.2, 0) is 4.79 Å². The Hall–Kier alpha value is -1.03. The number of hydrogen-bond donors (Lipinski definition) is 0. The summed E-state index contributed by atoms with van der Waals surface area (Å²) < 4.78 is 0. The summed E-state index contributed by atoms with van der Waals surface area (Å²) >= 11 is 12.1. The molecule has 0 saturated carbocycles. The zero-order chi connectivity index (χ0) is 16.6. The summed E-state index contributed by atoms with van der Waals surface area (Å²) in [5.41, 5.74) is 2.31. The first-order valence-corrected chi connectivity index (χ1v) is 8.91. The molecule has 3 nitrogen and oxygen atoms in total. The van der Waals surface area contributed by atoms with Crippen LogP contribution in [0.4, 0.5) is 0 Å². The fourth-order valence-electron chi connectivity index (χ4n) is 3.51. The summed E-state index contributed by atoms with van der Waals surface area (Å²) in [7, 11) is 0. The van der Waals surface area contributed by atoms with Crippen molar-refractivity contribution in [2.45, 2.75) is 38.8 Å². The summed E-state index contributed by atoms with van der Waals surface area (Å²) in [5, 5.41) is 1.17. The molecule has 0 radical (unpaired) electrons. The molecule has 0 aliphatic carbocycles. The van der Waals surface area contributed by atoms with E-state index in [1.54, 1.807) is 0 Å². The van der Waals surface area contributed by atoms with Crippen LogP contribution in [-0.4, -0.2) is 47.4 Å². The van der Waals surface area contributed by atoms with Crippen LogP contribution in [0.1, 0.15) is 32.3 Å². The van der Waals surface area contributed by atoms with Crippen LogP contribution in [0.15, 0.2) is 24.3 Å². The Kier molecular flexibility index (Phi) is 5.00. The summed E-state index contributed by atoms with van der Waals surface area (Å²) in [6.07, 6.45) is 4.07. The van der Waals surface area contributed by atoms with E-state index >= 15 is 0 Å². The van der Waals surface area contributed by atoms with Crippen LogP contribution in [0.2, 0.25) is 10.0 Å². The van der Waals surface area contributed by atoms with E-state index in [0.29, 0.717) is 28.5 Å². The van der Waals surface area contributed by atoms with E-state index in [9.17, 15) is 4.79 Å². The van der Waals surface area contributed by atoms with Crippen molar-refractivity contribution in [2.75, 3.05) is 19.6 Å². The third kappa shape index (κ3) is 3.42. The molecule has 3 saturated heterocycles. The second kappa shape index (κ2) is 6.84. The minimum absolute atomic E-state index is 0.280. The molecular weight excluding hydrogens is 331 g/mol. The SMILES string of the molecule is CCC(=O)N1CC2CC(C1)N2C/C=C(/C)c1ccc(Cl)c(Cl)c1. The summed E-state index contributed by atoms with van der Waals surface area (Å²) in [6.45, 7) is 6.72. The molecule has 2 atom stereocenters. The van der Waals surface area contributed by atoms with Crippen LogP contribution < -0.4 is 0 Å². The number of nitrogens with zero attached hydrogens (tertiary/aromatic N) is 2. The summed E-state index contributed by atoms with van der Waals surface area (Å²) in [5.74, 6) is 0.280. The van der Waals surface area contributed by atoms with Gasteiger partial charge in [0.2, 0.25) is 5.91 Å². The van der Waals surface area contributed by atoms with Crippen molar-refractivity contribution in [3.63, 3.8) is 0 Å². The maximum atomic E-state index is 11.8. The van der Waals surface area contributed by atoms with Crippen LogP contribution >= 0.6 is 23.2 Å². The number of carbonyl (C=O) groups excluding carboxylic acids is 1.